The number of carbonyl (C=O) groups excluding carboxylic acids is 1. The maximum Gasteiger partial charge on any atom is 0.248 e. The fourth-order valence-electron chi connectivity index (χ4n) is 3.53. The van der Waals surface area contributed by atoms with Crippen LogP contribution in [0.4, 0.5) is 5.69 Å². The number of benzene rings is 3. The molecule has 0 radical (unpaired) electrons. The van der Waals surface area contributed by atoms with Gasteiger partial charge in [-0.15, -0.1) is 0 Å². The van der Waals surface area contributed by atoms with Crippen LogP contribution in [0.3, 0.4) is 0 Å². The molecule has 0 bridgehead atoms. The molecule has 0 aliphatic rings. The molecular weight excluding hydrogens is 506 g/mol. The lowest BCUT2D eigenvalue weighted by molar-refractivity contribution is -0.111. The first-order valence-electron chi connectivity index (χ1n) is 11.1. The van der Waals surface area contributed by atoms with E-state index in [1.165, 1.54) is 6.08 Å². The highest BCUT2D eigenvalue weighted by atomic mass is 79.9. The first-order valence-corrected chi connectivity index (χ1v) is 11.9. The van der Waals surface area contributed by atoms with Crippen LogP contribution in [0.1, 0.15) is 22.3 Å². The Labute approximate surface area is 213 Å². The van der Waals surface area contributed by atoms with Crippen molar-refractivity contribution in [2.75, 3.05) is 12.4 Å². The van der Waals surface area contributed by atoms with Gasteiger partial charge in [-0.1, -0.05) is 46.3 Å². The summed E-state index contributed by atoms with van der Waals surface area (Å²) in [6.45, 7) is 3.01. The third-order valence-corrected chi connectivity index (χ3v) is 5.80. The molecule has 1 aromatic heterocycles. The Morgan fingerprint density at radius 1 is 1.11 bits per heavy atom. The van der Waals surface area contributed by atoms with Gasteiger partial charge in [0.2, 0.25) is 5.91 Å². The molecule has 1 amide bonds. The van der Waals surface area contributed by atoms with Crippen LogP contribution in [-0.4, -0.2) is 22.8 Å². The van der Waals surface area contributed by atoms with Crippen molar-refractivity contribution in [2.24, 2.45) is 0 Å². The van der Waals surface area contributed by atoms with Crippen LogP contribution in [0.25, 0.3) is 6.08 Å². The number of aryl methyl sites for hydroxylation is 1. The van der Waals surface area contributed by atoms with Gasteiger partial charge in [-0.2, -0.15) is 5.10 Å². The fourth-order valence-corrected chi connectivity index (χ4v) is 3.79. The van der Waals surface area contributed by atoms with Gasteiger partial charge in [0.25, 0.3) is 0 Å². The number of nitrogens with zero attached hydrogens (tertiary/aromatic N) is 2. The van der Waals surface area contributed by atoms with E-state index in [9.17, 15) is 4.79 Å². The summed E-state index contributed by atoms with van der Waals surface area (Å²) in [7, 11) is 1.63. The quantitative estimate of drug-likeness (QED) is 0.259. The van der Waals surface area contributed by atoms with Crippen molar-refractivity contribution in [3.63, 3.8) is 0 Å². The van der Waals surface area contributed by atoms with Crippen LogP contribution >= 0.6 is 15.9 Å². The third kappa shape index (κ3) is 7.07. The van der Waals surface area contributed by atoms with Crippen molar-refractivity contribution in [1.29, 1.82) is 0 Å². The molecule has 35 heavy (non-hydrogen) atoms. The highest BCUT2D eigenvalue weighted by molar-refractivity contribution is 9.10. The number of anilines is 1. The molecule has 0 saturated carbocycles. The van der Waals surface area contributed by atoms with Gasteiger partial charge in [0.15, 0.2) is 0 Å². The molecule has 6 nitrogen and oxygen atoms in total. The van der Waals surface area contributed by atoms with E-state index in [2.05, 4.69) is 26.3 Å². The minimum Gasteiger partial charge on any atom is -0.496 e. The molecule has 0 aliphatic heterocycles. The molecule has 0 fully saturated rings. The molecule has 1 N–H and O–H groups in total. The fraction of sp³-hybridized carbons (Fsp3) is 0.143. The second-order valence-electron chi connectivity index (χ2n) is 8.05. The van der Waals surface area contributed by atoms with Crippen LogP contribution < -0.4 is 14.8 Å². The summed E-state index contributed by atoms with van der Waals surface area (Å²) in [5, 5.41) is 7.18. The SMILES string of the molecule is COc1ccc(/C=C/C(=O)Nc2cnn(Cc3ccc(Br)cc3)c2)cc1COc1cccc(C)c1. The van der Waals surface area contributed by atoms with Gasteiger partial charge in [-0.25, -0.2) is 0 Å². The van der Waals surface area contributed by atoms with Crippen LogP contribution in [0.15, 0.2) is 89.7 Å². The van der Waals surface area contributed by atoms with Crippen molar-refractivity contribution < 1.29 is 14.3 Å². The highest BCUT2D eigenvalue weighted by Gasteiger charge is 2.07. The zero-order chi connectivity index (χ0) is 24.6. The lowest BCUT2D eigenvalue weighted by Gasteiger charge is -2.11. The number of nitrogens with one attached hydrogen (secondary N) is 1. The number of ether oxygens (including phenoxy) is 2. The van der Waals surface area contributed by atoms with E-state index in [0.29, 0.717) is 18.8 Å². The monoisotopic (exact) mass is 531 g/mol. The average Bonchev–Trinajstić information content (AvgIpc) is 3.29. The summed E-state index contributed by atoms with van der Waals surface area (Å²) in [6, 6.07) is 21.7. The predicted molar refractivity (Wildman–Crippen MR) is 142 cm³/mol. The van der Waals surface area contributed by atoms with Crippen LogP contribution in [-0.2, 0) is 17.9 Å². The Kier molecular flexibility index (Phi) is 8.00. The van der Waals surface area contributed by atoms with Gasteiger partial charge >= 0.3 is 0 Å². The number of carbonyl (C=O) groups is 1. The average molecular weight is 532 g/mol. The predicted octanol–water partition coefficient (Wildman–Crippen LogP) is 6.24. The smallest absolute Gasteiger partial charge is 0.248 e. The van der Waals surface area contributed by atoms with E-state index in [4.69, 9.17) is 9.47 Å². The minimum absolute atomic E-state index is 0.235. The van der Waals surface area contributed by atoms with Crippen molar-refractivity contribution in [3.05, 3.63) is 112 Å². The molecule has 4 aromatic rings. The van der Waals surface area contributed by atoms with Gasteiger partial charge in [-0.3, -0.25) is 9.48 Å². The van der Waals surface area contributed by atoms with E-state index >= 15 is 0 Å². The summed E-state index contributed by atoms with van der Waals surface area (Å²) in [4.78, 5) is 12.5. The Hall–Kier alpha value is -3.84. The number of aromatic nitrogens is 2. The summed E-state index contributed by atoms with van der Waals surface area (Å²) in [6.07, 6.45) is 6.71. The van der Waals surface area contributed by atoms with Gasteiger partial charge in [-0.05, 0) is 66.1 Å². The standard InChI is InChI=1S/C28H26BrN3O3/c1-20-4-3-5-26(14-20)35-19-23-15-21(8-12-27(23)34-2)9-13-28(33)31-25-16-30-32(18-25)17-22-6-10-24(29)11-7-22/h3-16,18H,17,19H2,1-2H3,(H,31,33)/b13-9+. The molecule has 0 aliphatic carbocycles. The van der Waals surface area contributed by atoms with E-state index < -0.39 is 0 Å². The Morgan fingerprint density at radius 3 is 2.71 bits per heavy atom. The Morgan fingerprint density at radius 2 is 1.94 bits per heavy atom. The Bertz CT molecular complexity index is 1330. The number of hydrogen-bond donors (Lipinski definition) is 1. The molecule has 178 valence electrons. The molecule has 0 unspecified atom stereocenters. The summed E-state index contributed by atoms with van der Waals surface area (Å²) in [5.41, 5.74) is 4.66. The summed E-state index contributed by atoms with van der Waals surface area (Å²) >= 11 is 3.44. The van der Waals surface area contributed by atoms with Crippen LogP contribution in [0, 0.1) is 6.92 Å². The molecule has 0 spiro atoms. The summed E-state index contributed by atoms with van der Waals surface area (Å²) < 4.78 is 14.2. The van der Waals surface area contributed by atoms with E-state index in [0.717, 1.165) is 38.2 Å². The van der Waals surface area contributed by atoms with Gasteiger partial charge in [0.05, 0.1) is 25.5 Å². The van der Waals surface area contributed by atoms with Gasteiger partial charge in [0, 0.05) is 22.3 Å². The molecule has 0 saturated heterocycles. The first kappa shape index (κ1) is 24.3. The molecule has 0 atom stereocenters. The van der Waals surface area contributed by atoms with E-state index in [1.54, 1.807) is 24.1 Å². The Balaban J connectivity index is 1.36. The highest BCUT2D eigenvalue weighted by Crippen LogP contribution is 2.23. The van der Waals surface area contributed by atoms with E-state index in [1.807, 2.05) is 79.9 Å². The second kappa shape index (κ2) is 11.5. The largest absolute Gasteiger partial charge is 0.496 e. The zero-order valence-corrected chi connectivity index (χ0v) is 21.2. The molecule has 3 aromatic carbocycles. The topological polar surface area (TPSA) is 65.4 Å². The van der Waals surface area contributed by atoms with Crippen molar-refractivity contribution in [3.8, 4) is 11.5 Å². The normalized spacial score (nSPS) is 10.9. The number of methoxy groups -OCH3 is 1. The lowest BCUT2D eigenvalue weighted by atomic mass is 10.1. The number of rotatable bonds is 9. The van der Waals surface area contributed by atoms with Gasteiger partial charge < -0.3 is 14.8 Å². The molecule has 4 rings (SSSR count). The third-order valence-electron chi connectivity index (χ3n) is 5.27. The maximum absolute atomic E-state index is 12.5. The second-order valence-corrected chi connectivity index (χ2v) is 8.97. The minimum atomic E-state index is -0.235. The van der Waals surface area contributed by atoms with Crippen molar-refractivity contribution in [1.82, 2.24) is 9.78 Å². The molecular formula is C28H26BrN3O3. The zero-order valence-electron chi connectivity index (χ0n) is 19.6. The number of amides is 1. The van der Waals surface area contributed by atoms with Crippen molar-refractivity contribution in [2.45, 2.75) is 20.1 Å². The number of hydrogen-bond acceptors (Lipinski definition) is 4. The van der Waals surface area contributed by atoms with Crippen LogP contribution in [0.2, 0.25) is 0 Å². The summed E-state index contributed by atoms with van der Waals surface area (Å²) in [5.74, 6) is 1.30. The van der Waals surface area contributed by atoms with Crippen molar-refractivity contribution >= 4 is 33.6 Å². The van der Waals surface area contributed by atoms with E-state index in [-0.39, 0.29) is 5.91 Å². The first-order chi connectivity index (χ1) is 17.0. The molecule has 1 heterocycles. The number of halogens is 1. The van der Waals surface area contributed by atoms with Gasteiger partial charge in [0.1, 0.15) is 18.1 Å². The lowest BCUT2D eigenvalue weighted by Crippen LogP contribution is -2.07. The molecule has 7 heteroatoms. The maximum atomic E-state index is 12.5. The van der Waals surface area contributed by atoms with Crippen LogP contribution in [0.5, 0.6) is 11.5 Å².